The third kappa shape index (κ3) is 5.81. The van der Waals surface area contributed by atoms with Crippen LogP contribution in [0.1, 0.15) is 34.1 Å². The molecule has 1 rings (SSSR count). The topological polar surface area (TPSA) is 70.2 Å². The van der Waals surface area contributed by atoms with Gasteiger partial charge in [0.15, 0.2) is 0 Å². The van der Waals surface area contributed by atoms with E-state index < -0.39 is 15.7 Å². The molecule has 0 aromatic heterocycles. The van der Waals surface area contributed by atoms with Crippen LogP contribution in [-0.2, 0) is 10.2 Å². The molecule has 0 aromatic rings. The third-order valence-electron chi connectivity index (χ3n) is 2.96. The van der Waals surface area contributed by atoms with Crippen molar-refractivity contribution in [2.45, 2.75) is 39.7 Å². The average molecular weight is 263 g/mol. The Morgan fingerprint density at radius 3 is 2.53 bits per heavy atom. The first-order valence-electron chi connectivity index (χ1n) is 6.19. The van der Waals surface area contributed by atoms with Gasteiger partial charge in [0.2, 0.25) is 0 Å². The van der Waals surface area contributed by atoms with Crippen molar-refractivity contribution in [3.05, 3.63) is 0 Å². The van der Waals surface area contributed by atoms with Crippen LogP contribution in [0.3, 0.4) is 0 Å². The van der Waals surface area contributed by atoms with E-state index in [0.717, 1.165) is 19.5 Å². The van der Waals surface area contributed by atoms with Gasteiger partial charge in [-0.25, -0.2) is 4.72 Å². The van der Waals surface area contributed by atoms with Crippen molar-refractivity contribution in [2.75, 3.05) is 19.6 Å². The van der Waals surface area contributed by atoms with Crippen LogP contribution in [0, 0.1) is 11.8 Å². The molecule has 2 unspecified atom stereocenters. The quantitative estimate of drug-likeness (QED) is 0.690. The molecule has 0 amide bonds. The smallest absolute Gasteiger partial charge is 0.277 e. The minimum atomic E-state index is -3.39. The highest BCUT2D eigenvalue weighted by Gasteiger charge is 2.24. The van der Waals surface area contributed by atoms with Crippen LogP contribution in [0.2, 0.25) is 0 Å². The van der Waals surface area contributed by atoms with Gasteiger partial charge in [0.1, 0.15) is 0 Å². The predicted octanol–water partition coefficient (Wildman–Crippen LogP) is 0.455. The van der Waals surface area contributed by atoms with E-state index in [1.54, 1.807) is 0 Å². The van der Waals surface area contributed by atoms with E-state index >= 15 is 0 Å². The summed E-state index contributed by atoms with van der Waals surface area (Å²) < 4.78 is 28.7. The van der Waals surface area contributed by atoms with E-state index in [2.05, 4.69) is 21.7 Å². The summed E-state index contributed by atoms with van der Waals surface area (Å²) in [5.41, 5.74) is -0.442. The molecule has 0 radical (unpaired) electrons. The monoisotopic (exact) mass is 263 g/mol. The molecule has 0 bridgehead atoms. The Morgan fingerprint density at radius 1 is 1.35 bits per heavy atom. The first kappa shape index (κ1) is 14.9. The van der Waals surface area contributed by atoms with Crippen molar-refractivity contribution in [1.29, 1.82) is 0 Å². The highest BCUT2D eigenvalue weighted by molar-refractivity contribution is 7.87. The first-order chi connectivity index (χ1) is 7.70. The SMILES string of the molecule is CC1CCNCC1CNS(=O)(=O)NC(C)(C)C. The summed E-state index contributed by atoms with van der Waals surface area (Å²) >= 11 is 0. The molecule has 3 N–H and O–H groups in total. The molecule has 1 heterocycles. The number of rotatable bonds is 4. The zero-order valence-corrected chi connectivity index (χ0v) is 12.0. The zero-order chi connectivity index (χ0) is 13.1. The van der Waals surface area contributed by atoms with Crippen molar-refractivity contribution in [3.8, 4) is 0 Å². The maximum Gasteiger partial charge on any atom is 0.277 e. The van der Waals surface area contributed by atoms with Gasteiger partial charge in [0, 0.05) is 12.1 Å². The molecule has 1 aliphatic heterocycles. The lowest BCUT2D eigenvalue weighted by molar-refractivity contribution is 0.274. The molecule has 6 heteroatoms. The molecule has 102 valence electrons. The molecule has 17 heavy (non-hydrogen) atoms. The van der Waals surface area contributed by atoms with E-state index in [1.165, 1.54) is 0 Å². The van der Waals surface area contributed by atoms with Gasteiger partial charge >= 0.3 is 0 Å². The van der Waals surface area contributed by atoms with Crippen LogP contribution >= 0.6 is 0 Å². The van der Waals surface area contributed by atoms with Crippen LogP contribution in [0.15, 0.2) is 0 Å². The highest BCUT2D eigenvalue weighted by atomic mass is 32.2. The van der Waals surface area contributed by atoms with E-state index in [4.69, 9.17) is 0 Å². The molecule has 1 aliphatic rings. The molecular weight excluding hydrogens is 238 g/mol. The molecule has 1 fully saturated rings. The predicted molar refractivity (Wildman–Crippen MR) is 70.0 cm³/mol. The second-order valence-electron chi connectivity index (χ2n) is 5.93. The van der Waals surface area contributed by atoms with Gasteiger partial charge in [0.05, 0.1) is 0 Å². The van der Waals surface area contributed by atoms with Crippen LogP contribution in [-0.4, -0.2) is 33.6 Å². The lowest BCUT2D eigenvalue weighted by atomic mass is 9.88. The molecule has 2 atom stereocenters. The Bertz CT molecular complexity index is 335. The second-order valence-corrected chi connectivity index (χ2v) is 7.43. The summed E-state index contributed by atoms with van der Waals surface area (Å²) in [6.07, 6.45) is 1.11. The summed E-state index contributed by atoms with van der Waals surface area (Å²) in [7, 11) is -3.39. The molecule has 0 spiro atoms. The molecule has 0 aliphatic carbocycles. The van der Waals surface area contributed by atoms with Gasteiger partial charge in [0.25, 0.3) is 10.2 Å². The first-order valence-corrected chi connectivity index (χ1v) is 7.67. The van der Waals surface area contributed by atoms with Gasteiger partial charge in [-0.1, -0.05) is 6.92 Å². The van der Waals surface area contributed by atoms with Crippen molar-refractivity contribution in [3.63, 3.8) is 0 Å². The van der Waals surface area contributed by atoms with E-state index in [0.29, 0.717) is 18.4 Å². The number of hydrogen-bond acceptors (Lipinski definition) is 3. The lowest BCUT2D eigenvalue weighted by Crippen LogP contribution is -2.50. The molecule has 1 saturated heterocycles. The Morgan fingerprint density at radius 2 is 2.00 bits per heavy atom. The summed E-state index contributed by atoms with van der Waals surface area (Å²) in [5.74, 6) is 0.939. The summed E-state index contributed by atoms with van der Waals surface area (Å²) in [4.78, 5) is 0. The van der Waals surface area contributed by atoms with Crippen LogP contribution in [0.25, 0.3) is 0 Å². The van der Waals surface area contributed by atoms with Crippen molar-refractivity contribution in [2.24, 2.45) is 11.8 Å². The van der Waals surface area contributed by atoms with E-state index in [9.17, 15) is 8.42 Å². The van der Waals surface area contributed by atoms with Crippen LogP contribution in [0.5, 0.6) is 0 Å². The maximum absolute atomic E-state index is 11.8. The Kier molecular flexibility index (Phi) is 4.95. The summed E-state index contributed by atoms with van der Waals surface area (Å²) in [5, 5.41) is 3.29. The van der Waals surface area contributed by atoms with Gasteiger partial charge < -0.3 is 5.32 Å². The van der Waals surface area contributed by atoms with Gasteiger partial charge in [-0.05, 0) is 52.1 Å². The van der Waals surface area contributed by atoms with Gasteiger partial charge in [-0.3, -0.25) is 0 Å². The Balaban J connectivity index is 2.44. The minimum Gasteiger partial charge on any atom is -0.316 e. The maximum atomic E-state index is 11.8. The zero-order valence-electron chi connectivity index (χ0n) is 11.2. The fourth-order valence-electron chi connectivity index (χ4n) is 1.98. The number of hydrogen-bond donors (Lipinski definition) is 3. The largest absolute Gasteiger partial charge is 0.316 e. The van der Waals surface area contributed by atoms with E-state index in [-0.39, 0.29) is 0 Å². The third-order valence-corrected chi connectivity index (χ3v) is 4.39. The second kappa shape index (κ2) is 5.65. The van der Waals surface area contributed by atoms with Crippen LogP contribution in [0.4, 0.5) is 0 Å². The minimum absolute atomic E-state index is 0.375. The molecule has 0 aromatic carbocycles. The van der Waals surface area contributed by atoms with E-state index in [1.807, 2.05) is 20.8 Å². The molecule has 5 nitrogen and oxygen atoms in total. The van der Waals surface area contributed by atoms with Crippen molar-refractivity contribution in [1.82, 2.24) is 14.8 Å². The molecular formula is C11H25N3O2S. The Hall–Kier alpha value is -0.170. The number of nitrogens with one attached hydrogen (secondary N) is 3. The number of piperidine rings is 1. The summed E-state index contributed by atoms with van der Waals surface area (Å²) in [6, 6.07) is 0. The van der Waals surface area contributed by atoms with Crippen LogP contribution < -0.4 is 14.8 Å². The normalized spacial score (nSPS) is 27.1. The van der Waals surface area contributed by atoms with Crippen molar-refractivity contribution < 1.29 is 8.42 Å². The fraction of sp³-hybridized carbons (Fsp3) is 1.00. The Labute approximate surface area is 105 Å². The van der Waals surface area contributed by atoms with Crippen molar-refractivity contribution >= 4 is 10.2 Å². The molecule has 0 saturated carbocycles. The van der Waals surface area contributed by atoms with Gasteiger partial charge in [-0.2, -0.15) is 13.1 Å². The summed E-state index contributed by atoms with van der Waals surface area (Å²) in [6.45, 7) is 10.1. The average Bonchev–Trinajstić information content (AvgIpc) is 2.13. The standard InChI is InChI=1S/C11H25N3O2S/c1-9-5-6-12-7-10(9)8-13-17(15,16)14-11(2,3)4/h9-10,12-14H,5-8H2,1-4H3. The van der Waals surface area contributed by atoms with Gasteiger partial charge in [-0.15, -0.1) is 0 Å². The fourth-order valence-corrected chi connectivity index (χ4v) is 3.30. The lowest BCUT2D eigenvalue weighted by Gasteiger charge is -2.30. The highest BCUT2D eigenvalue weighted by Crippen LogP contribution is 2.17.